The molecule has 0 aliphatic carbocycles. The second-order valence-corrected chi connectivity index (χ2v) is 11.2. The number of aryl methyl sites for hydroxylation is 3. The van der Waals surface area contributed by atoms with E-state index in [1.807, 2.05) is 12.3 Å². The first kappa shape index (κ1) is 22.9. The van der Waals surface area contributed by atoms with Crippen molar-refractivity contribution in [1.82, 2.24) is 9.29 Å². The highest BCUT2D eigenvalue weighted by molar-refractivity contribution is 7.89. The second-order valence-electron chi connectivity index (χ2n) is 8.00. The molecule has 32 heavy (non-hydrogen) atoms. The van der Waals surface area contributed by atoms with E-state index in [4.69, 9.17) is 11.6 Å². The highest BCUT2D eigenvalue weighted by Crippen LogP contribution is 2.31. The molecule has 2 aromatic carbocycles. The number of amides is 1. The molecule has 1 amide bonds. The minimum atomic E-state index is -3.73. The molecule has 0 unspecified atom stereocenters. The predicted molar refractivity (Wildman–Crippen MR) is 129 cm³/mol. The van der Waals surface area contributed by atoms with E-state index in [9.17, 15) is 13.2 Å². The van der Waals surface area contributed by atoms with Crippen molar-refractivity contribution < 1.29 is 13.2 Å². The summed E-state index contributed by atoms with van der Waals surface area (Å²) in [5.41, 5.74) is 5.54. The van der Waals surface area contributed by atoms with Crippen LogP contribution in [0.1, 0.15) is 39.9 Å². The van der Waals surface area contributed by atoms with Crippen LogP contribution >= 0.6 is 22.9 Å². The van der Waals surface area contributed by atoms with Gasteiger partial charge in [0.15, 0.2) is 5.13 Å². The summed E-state index contributed by atoms with van der Waals surface area (Å²) in [6, 6.07) is 8.53. The SMILES string of the molecule is Cc1cc(C)c(-c2csc(NC(=O)c3ccc(Cl)c(S(=O)(=O)N4CCCC4)c3)n2)cc1C. The number of nitrogens with one attached hydrogen (secondary N) is 1. The highest BCUT2D eigenvalue weighted by Gasteiger charge is 2.29. The van der Waals surface area contributed by atoms with Gasteiger partial charge in [-0.25, -0.2) is 13.4 Å². The number of thiazole rings is 1. The summed E-state index contributed by atoms with van der Waals surface area (Å²) >= 11 is 7.51. The average Bonchev–Trinajstić information content (AvgIpc) is 3.43. The van der Waals surface area contributed by atoms with Crippen molar-refractivity contribution >= 4 is 44.0 Å². The molecule has 1 aliphatic rings. The summed E-state index contributed by atoms with van der Waals surface area (Å²) in [6.07, 6.45) is 1.65. The highest BCUT2D eigenvalue weighted by atomic mass is 35.5. The van der Waals surface area contributed by atoms with Crippen LogP contribution in [0.25, 0.3) is 11.3 Å². The minimum absolute atomic E-state index is 0.0423. The second kappa shape index (κ2) is 8.94. The summed E-state index contributed by atoms with van der Waals surface area (Å²) < 4.78 is 27.3. The van der Waals surface area contributed by atoms with Gasteiger partial charge in [-0.2, -0.15) is 4.31 Å². The first-order chi connectivity index (χ1) is 15.2. The predicted octanol–water partition coefficient (Wildman–Crippen LogP) is 5.43. The number of carbonyl (C=O) groups excluding carboxylic acids is 1. The molecular formula is C23H24ClN3O3S2. The fraction of sp³-hybridized carbons (Fsp3) is 0.304. The Morgan fingerprint density at radius 1 is 1.06 bits per heavy atom. The molecule has 0 bridgehead atoms. The van der Waals surface area contributed by atoms with Crippen LogP contribution in [0.4, 0.5) is 5.13 Å². The number of sulfonamides is 1. The minimum Gasteiger partial charge on any atom is -0.298 e. The molecule has 0 spiro atoms. The fourth-order valence-electron chi connectivity index (χ4n) is 3.77. The summed E-state index contributed by atoms with van der Waals surface area (Å²) in [5.74, 6) is -0.433. The number of nitrogens with zero attached hydrogens (tertiary/aromatic N) is 2. The molecule has 1 aromatic heterocycles. The third-order valence-electron chi connectivity index (χ3n) is 5.72. The molecule has 3 aromatic rings. The van der Waals surface area contributed by atoms with Crippen molar-refractivity contribution in [1.29, 1.82) is 0 Å². The lowest BCUT2D eigenvalue weighted by atomic mass is 9.99. The zero-order valence-corrected chi connectivity index (χ0v) is 20.5. The normalized spacial score (nSPS) is 14.6. The van der Waals surface area contributed by atoms with E-state index in [0.717, 1.165) is 29.7 Å². The number of carbonyl (C=O) groups is 1. The maximum atomic E-state index is 12.9. The molecular weight excluding hydrogens is 466 g/mol. The summed E-state index contributed by atoms with van der Waals surface area (Å²) in [7, 11) is -3.73. The van der Waals surface area contributed by atoms with Crippen molar-refractivity contribution in [3.05, 3.63) is 63.0 Å². The molecule has 0 saturated carbocycles. The third-order valence-corrected chi connectivity index (χ3v) is 8.86. The van der Waals surface area contributed by atoms with Crippen molar-refractivity contribution in [2.24, 2.45) is 0 Å². The molecule has 1 aliphatic heterocycles. The monoisotopic (exact) mass is 489 g/mol. The van der Waals surface area contributed by atoms with Gasteiger partial charge in [-0.3, -0.25) is 10.1 Å². The Balaban J connectivity index is 1.57. The average molecular weight is 490 g/mol. The van der Waals surface area contributed by atoms with Crippen molar-refractivity contribution in [2.45, 2.75) is 38.5 Å². The molecule has 0 atom stereocenters. The van der Waals surface area contributed by atoms with Gasteiger partial charge in [0.05, 0.1) is 10.7 Å². The molecule has 1 saturated heterocycles. The number of hydrogen-bond donors (Lipinski definition) is 1. The van der Waals surface area contributed by atoms with E-state index in [2.05, 4.69) is 36.3 Å². The molecule has 6 nitrogen and oxygen atoms in total. The van der Waals surface area contributed by atoms with E-state index < -0.39 is 15.9 Å². The van der Waals surface area contributed by atoms with Gasteiger partial charge in [0.25, 0.3) is 5.91 Å². The zero-order chi connectivity index (χ0) is 23.0. The van der Waals surface area contributed by atoms with Crippen LogP contribution in [0.2, 0.25) is 5.02 Å². The molecule has 1 N–H and O–H groups in total. The van der Waals surface area contributed by atoms with E-state index in [1.54, 1.807) is 0 Å². The maximum Gasteiger partial charge on any atom is 0.257 e. The van der Waals surface area contributed by atoms with Gasteiger partial charge in [0, 0.05) is 29.6 Å². The van der Waals surface area contributed by atoms with Crippen LogP contribution in [0.5, 0.6) is 0 Å². The first-order valence-electron chi connectivity index (χ1n) is 10.3. The molecule has 168 valence electrons. The summed E-state index contributed by atoms with van der Waals surface area (Å²) in [4.78, 5) is 17.4. The number of benzene rings is 2. The van der Waals surface area contributed by atoms with Gasteiger partial charge in [-0.1, -0.05) is 17.7 Å². The summed E-state index contributed by atoms with van der Waals surface area (Å²) in [6.45, 7) is 7.10. The lowest BCUT2D eigenvalue weighted by molar-refractivity contribution is 0.102. The number of halogens is 1. The van der Waals surface area contributed by atoms with Crippen molar-refractivity contribution in [3.8, 4) is 11.3 Å². The van der Waals surface area contributed by atoms with E-state index in [0.29, 0.717) is 18.2 Å². The van der Waals surface area contributed by atoms with Crippen LogP contribution in [-0.4, -0.2) is 36.7 Å². The van der Waals surface area contributed by atoms with E-state index >= 15 is 0 Å². The van der Waals surface area contributed by atoms with Crippen LogP contribution in [-0.2, 0) is 10.0 Å². The van der Waals surface area contributed by atoms with Gasteiger partial charge >= 0.3 is 0 Å². The Labute approximate surface area is 197 Å². The van der Waals surface area contributed by atoms with Crippen molar-refractivity contribution in [2.75, 3.05) is 18.4 Å². The fourth-order valence-corrected chi connectivity index (χ4v) is 6.49. The van der Waals surface area contributed by atoms with E-state index in [1.165, 1.54) is 45.0 Å². The Morgan fingerprint density at radius 3 is 2.47 bits per heavy atom. The van der Waals surface area contributed by atoms with Crippen LogP contribution in [0.3, 0.4) is 0 Å². The number of anilines is 1. The number of aromatic nitrogens is 1. The smallest absolute Gasteiger partial charge is 0.257 e. The standard InChI is InChI=1S/C23H24ClN3O3S2/c1-14-10-16(3)18(11-15(14)2)20-13-31-23(25-20)26-22(28)17-6-7-19(24)21(12-17)32(29,30)27-8-4-5-9-27/h6-7,10-13H,4-5,8-9H2,1-3H3,(H,25,26,28). The quantitative estimate of drug-likeness (QED) is 0.518. The van der Waals surface area contributed by atoms with Gasteiger partial charge in [0.2, 0.25) is 10.0 Å². The molecule has 1 fully saturated rings. The van der Waals surface area contributed by atoms with Gasteiger partial charge in [0.1, 0.15) is 4.90 Å². The Bertz CT molecular complexity index is 1300. The first-order valence-corrected chi connectivity index (χ1v) is 13.0. The van der Waals surface area contributed by atoms with Gasteiger partial charge in [-0.15, -0.1) is 11.3 Å². The Hall–Kier alpha value is -2.26. The van der Waals surface area contributed by atoms with Crippen molar-refractivity contribution in [3.63, 3.8) is 0 Å². The van der Waals surface area contributed by atoms with Crippen LogP contribution < -0.4 is 5.32 Å². The Morgan fingerprint density at radius 2 is 1.75 bits per heavy atom. The number of rotatable bonds is 5. The Kier molecular flexibility index (Phi) is 6.40. The van der Waals surface area contributed by atoms with E-state index in [-0.39, 0.29) is 15.5 Å². The molecule has 4 rings (SSSR count). The van der Waals surface area contributed by atoms with Gasteiger partial charge < -0.3 is 0 Å². The molecule has 0 radical (unpaired) electrons. The zero-order valence-electron chi connectivity index (χ0n) is 18.1. The lowest BCUT2D eigenvalue weighted by Crippen LogP contribution is -2.28. The molecule has 2 heterocycles. The van der Waals surface area contributed by atoms with Crippen LogP contribution in [0, 0.1) is 20.8 Å². The maximum absolute atomic E-state index is 12.9. The summed E-state index contributed by atoms with van der Waals surface area (Å²) in [5, 5.41) is 5.23. The van der Waals surface area contributed by atoms with Gasteiger partial charge in [-0.05, 0) is 74.6 Å². The lowest BCUT2D eigenvalue weighted by Gasteiger charge is -2.17. The van der Waals surface area contributed by atoms with Crippen LogP contribution in [0.15, 0.2) is 40.6 Å². The molecule has 9 heteroatoms. The third kappa shape index (κ3) is 4.45. The number of hydrogen-bond acceptors (Lipinski definition) is 5. The topological polar surface area (TPSA) is 79.4 Å². The largest absolute Gasteiger partial charge is 0.298 e.